The lowest BCUT2D eigenvalue weighted by Gasteiger charge is -2.11. The first-order valence-corrected chi connectivity index (χ1v) is 5.02. The first-order valence-electron chi connectivity index (χ1n) is 5.02. The van der Waals surface area contributed by atoms with Crippen molar-refractivity contribution in [1.82, 2.24) is 4.57 Å². The Hall–Kier alpha value is -1.09. The maximum Gasteiger partial charge on any atom is 0.253 e. The highest BCUT2D eigenvalue weighted by atomic mass is 16.3. The molecule has 0 saturated heterocycles. The predicted molar refractivity (Wildman–Crippen MR) is 54.2 cm³/mol. The maximum absolute atomic E-state index is 11.6. The fourth-order valence-electron chi connectivity index (χ4n) is 1.63. The summed E-state index contributed by atoms with van der Waals surface area (Å²) < 4.78 is 1.60. The van der Waals surface area contributed by atoms with Gasteiger partial charge in [0.2, 0.25) is 0 Å². The smallest absolute Gasteiger partial charge is 0.253 e. The fraction of sp³-hybridized carbons (Fsp3) is 0.545. The average molecular weight is 193 g/mol. The van der Waals surface area contributed by atoms with Crippen LogP contribution >= 0.6 is 0 Å². The molecule has 0 bridgehead atoms. The Kier molecular flexibility index (Phi) is 2.42. The number of rotatable bonds is 3. The van der Waals surface area contributed by atoms with Gasteiger partial charge in [0.15, 0.2) is 0 Å². The van der Waals surface area contributed by atoms with Crippen LogP contribution in [0.25, 0.3) is 0 Å². The summed E-state index contributed by atoms with van der Waals surface area (Å²) in [5.74, 6) is 0.419. The molecule has 1 saturated carbocycles. The largest absolute Gasteiger partial charge is 0.391 e. The molecule has 0 aliphatic heterocycles. The molecule has 0 spiro atoms. The predicted octanol–water partition coefficient (Wildman–Crippen LogP) is 0.928. The first-order chi connectivity index (χ1) is 6.68. The van der Waals surface area contributed by atoms with Gasteiger partial charge in [-0.15, -0.1) is 0 Å². The van der Waals surface area contributed by atoms with Crippen LogP contribution in [0, 0.1) is 12.8 Å². The Balaban J connectivity index is 2.15. The van der Waals surface area contributed by atoms with Gasteiger partial charge in [0.05, 0.1) is 12.6 Å². The van der Waals surface area contributed by atoms with Gasteiger partial charge in [-0.3, -0.25) is 4.79 Å². The van der Waals surface area contributed by atoms with E-state index in [-0.39, 0.29) is 11.7 Å². The van der Waals surface area contributed by atoms with E-state index in [1.54, 1.807) is 23.8 Å². The van der Waals surface area contributed by atoms with Gasteiger partial charge in [-0.2, -0.15) is 0 Å². The van der Waals surface area contributed by atoms with Crippen molar-refractivity contribution in [3.05, 3.63) is 34.2 Å². The number of hydrogen-bond donors (Lipinski definition) is 1. The molecule has 14 heavy (non-hydrogen) atoms. The second-order valence-electron chi connectivity index (χ2n) is 4.05. The molecule has 1 aliphatic rings. The van der Waals surface area contributed by atoms with Crippen molar-refractivity contribution in [1.29, 1.82) is 0 Å². The van der Waals surface area contributed by atoms with Crippen LogP contribution in [0.2, 0.25) is 0 Å². The fourth-order valence-corrected chi connectivity index (χ4v) is 1.63. The lowest BCUT2D eigenvalue weighted by molar-refractivity contribution is 0.130. The van der Waals surface area contributed by atoms with Crippen molar-refractivity contribution >= 4 is 0 Å². The molecule has 1 atom stereocenters. The van der Waals surface area contributed by atoms with E-state index in [9.17, 15) is 9.90 Å². The van der Waals surface area contributed by atoms with Gasteiger partial charge in [-0.1, -0.05) is 6.07 Å². The molecular formula is C11H15NO2. The highest BCUT2D eigenvalue weighted by Crippen LogP contribution is 2.32. The third kappa shape index (κ3) is 1.87. The molecular weight excluding hydrogens is 178 g/mol. The molecule has 1 fully saturated rings. The van der Waals surface area contributed by atoms with Gasteiger partial charge in [-0.05, 0) is 31.7 Å². The lowest BCUT2D eigenvalue weighted by Crippen LogP contribution is -2.28. The van der Waals surface area contributed by atoms with Crippen molar-refractivity contribution in [2.75, 3.05) is 0 Å². The van der Waals surface area contributed by atoms with Crippen LogP contribution in [0.5, 0.6) is 0 Å². The third-order valence-electron chi connectivity index (χ3n) is 2.76. The SMILES string of the molecule is Cc1cccn(CC(O)C2CC2)c1=O. The Morgan fingerprint density at radius 3 is 3.00 bits per heavy atom. The number of aliphatic hydroxyl groups is 1. The van der Waals surface area contributed by atoms with Crippen LogP contribution in [0.15, 0.2) is 23.1 Å². The van der Waals surface area contributed by atoms with Crippen LogP contribution in [0.1, 0.15) is 18.4 Å². The molecule has 0 aromatic carbocycles. The van der Waals surface area contributed by atoms with Gasteiger partial charge in [0.25, 0.3) is 5.56 Å². The summed E-state index contributed by atoms with van der Waals surface area (Å²) in [6, 6.07) is 3.64. The molecule has 3 nitrogen and oxygen atoms in total. The molecule has 1 aliphatic carbocycles. The average Bonchev–Trinajstić information content (AvgIpc) is 2.95. The van der Waals surface area contributed by atoms with Crippen molar-refractivity contribution in [2.45, 2.75) is 32.4 Å². The van der Waals surface area contributed by atoms with Crippen LogP contribution in [-0.4, -0.2) is 15.8 Å². The highest BCUT2D eigenvalue weighted by Gasteiger charge is 2.29. The number of aromatic nitrogens is 1. The second-order valence-corrected chi connectivity index (χ2v) is 4.05. The molecule has 1 unspecified atom stereocenters. The Morgan fingerprint density at radius 2 is 2.36 bits per heavy atom. The van der Waals surface area contributed by atoms with Crippen LogP contribution in [0.3, 0.4) is 0 Å². The van der Waals surface area contributed by atoms with E-state index in [0.717, 1.165) is 18.4 Å². The Bertz CT molecular complexity index is 379. The normalized spacial score (nSPS) is 18.1. The first kappa shape index (κ1) is 9.46. The van der Waals surface area contributed by atoms with Gasteiger partial charge < -0.3 is 9.67 Å². The monoisotopic (exact) mass is 193 g/mol. The minimum atomic E-state index is -0.352. The van der Waals surface area contributed by atoms with Crippen LogP contribution in [0.4, 0.5) is 0 Å². The van der Waals surface area contributed by atoms with Gasteiger partial charge in [0, 0.05) is 11.8 Å². The highest BCUT2D eigenvalue weighted by molar-refractivity contribution is 5.07. The van der Waals surface area contributed by atoms with Crippen molar-refractivity contribution in [3.63, 3.8) is 0 Å². The topological polar surface area (TPSA) is 42.2 Å². The minimum Gasteiger partial charge on any atom is -0.391 e. The zero-order valence-electron chi connectivity index (χ0n) is 8.31. The standard InChI is InChI=1S/C11H15NO2/c1-8-3-2-6-12(11(8)14)7-10(13)9-4-5-9/h2-3,6,9-10,13H,4-5,7H2,1H3. The zero-order valence-corrected chi connectivity index (χ0v) is 8.31. The van der Waals surface area contributed by atoms with E-state index in [0.29, 0.717) is 12.5 Å². The lowest BCUT2D eigenvalue weighted by atomic mass is 10.2. The second kappa shape index (κ2) is 3.58. The molecule has 0 amide bonds. The maximum atomic E-state index is 11.6. The van der Waals surface area contributed by atoms with Gasteiger partial charge >= 0.3 is 0 Å². The number of pyridine rings is 1. The quantitative estimate of drug-likeness (QED) is 0.776. The van der Waals surface area contributed by atoms with E-state index < -0.39 is 0 Å². The molecule has 1 aromatic rings. The van der Waals surface area contributed by atoms with E-state index in [2.05, 4.69) is 0 Å². The molecule has 76 valence electrons. The van der Waals surface area contributed by atoms with E-state index in [1.807, 2.05) is 6.07 Å². The van der Waals surface area contributed by atoms with Crippen molar-refractivity contribution in [2.24, 2.45) is 5.92 Å². The van der Waals surface area contributed by atoms with E-state index in [1.165, 1.54) is 0 Å². The number of aryl methyl sites for hydroxylation is 1. The minimum absolute atomic E-state index is 0.00667. The summed E-state index contributed by atoms with van der Waals surface area (Å²) in [4.78, 5) is 11.6. The number of hydrogen-bond acceptors (Lipinski definition) is 2. The molecule has 0 radical (unpaired) electrons. The molecule has 1 N–H and O–H groups in total. The molecule has 1 heterocycles. The third-order valence-corrected chi connectivity index (χ3v) is 2.76. The number of aliphatic hydroxyl groups excluding tert-OH is 1. The van der Waals surface area contributed by atoms with Crippen LogP contribution < -0.4 is 5.56 Å². The summed E-state index contributed by atoms with van der Waals surface area (Å²) in [6.07, 6.45) is 3.58. The summed E-state index contributed by atoms with van der Waals surface area (Å²) in [5, 5.41) is 9.70. The van der Waals surface area contributed by atoms with Crippen molar-refractivity contribution in [3.8, 4) is 0 Å². The van der Waals surface area contributed by atoms with Crippen LogP contribution in [-0.2, 0) is 6.54 Å². The van der Waals surface area contributed by atoms with Gasteiger partial charge in [-0.25, -0.2) is 0 Å². The van der Waals surface area contributed by atoms with E-state index >= 15 is 0 Å². The molecule has 2 rings (SSSR count). The van der Waals surface area contributed by atoms with Gasteiger partial charge in [0.1, 0.15) is 0 Å². The summed E-state index contributed by atoms with van der Waals surface area (Å²) in [7, 11) is 0. The summed E-state index contributed by atoms with van der Waals surface area (Å²) in [5.41, 5.74) is 0.739. The Labute approximate surface area is 83.0 Å². The molecule has 1 aromatic heterocycles. The zero-order chi connectivity index (χ0) is 10.1. The number of nitrogens with zero attached hydrogens (tertiary/aromatic N) is 1. The Morgan fingerprint density at radius 1 is 1.64 bits per heavy atom. The van der Waals surface area contributed by atoms with Crippen molar-refractivity contribution < 1.29 is 5.11 Å². The summed E-state index contributed by atoms with van der Waals surface area (Å²) in [6.45, 7) is 2.23. The molecule has 3 heteroatoms. The summed E-state index contributed by atoms with van der Waals surface area (Å²) >= 11 is 0. The van der Waals surface area contributed by atoms with E-state index in [4.69, 9.17) is 0 Å².